The summed E-state index contributed by atoms with van der Waals surface area (Å²) >= 11 is 5.79. The van der Waals surface area contributed by atoms with Crippen LogP contribution in [0.4, 0.5) is 15.8 Å². The van der Waals surface area contributed by atoms with Gasteiger partial charge < -0.3 is 14.5 Å². The van der Waals surface area contributed by atoms with Crippen molar-refractivity contribution in [1.29, 1.82) is 0 Å². The first-order valence-corrected chi connectivity index (χ1v) is 12.0. The highest BCUT2D eigenvalue weighted by Gasteiger charge is 2.59. The number of anilines is 2. The van der Waals surface area contributed by atoms with Gasteiger partial charge in [-0.05, 0) is 89.0 Å². The normalized spacial score (nSPS) is 21.1. The molecule has 0 radical (unpaired) electrons. The molecule has 3 heterocycles. The maximum absolute atomic E-state index is 15.1. The molecule has 6 nitrogen and oxygen atoms in total. The largest absolute Gasteiger partial charge is 0.487 e. The topological polar surface area (TPSA) is 48.9 Å². The van der Waals surface area contributed by atoms with Gasteiger partial charge in [0.05, 0.1) is 11.9 Å². The molecule has 5 rings (SSSR count). The highest BCUT2D eigenvalue weighted by Crippen LogP contribution is 2.48. The zero-order valence-electron chi connectivity index (χ0n) is 19.3. The number of hydrogen-bond acceptors (Lipinski definition) is 5. The molecule has 1 aliphatic carbocycles. The predicted molar refractivity (Wildman–Crippen MR) is 130 cm³/mol. The molecule has 0 atom stereocenters. The molecule has 0 unspecified atom stereocenters. The van der Waals surface area contributed by atoms with Gasteiger partial charge in [-0.2, -0.15) is 0 Å². The molecular formula is C25H29FN4O2S. The van der Waals surface area contributed by atoms with Crippen LogP contribution in [0.3, 0.4) is 0 Å². The molecule has 2 aromatic rings. The van der Waals surface area contributed by atoms with Gasteiger partial charge in [0.2, 0.25) is 0 Å². The molecule has 1 aromatic heterocycles. The van der Waals surface area contributed by atoms with Crippen LogP contribution in [0, 0.1) is 19.7 Å². The monoisotopic (exact) mass is 468 g/mol. The van der Waals surface area contributed by atoms with Crippen LogP contribution in [0.5, 0.6) is 5.75 Å². The second-order valence-electron chi connectivity index (χ2n) is 9.47. The fourth-order valence-electron chi connectivity index (χ4n) is 4.97. The molecule has 1 amide bonds. The summed E-state index contributed by atoms with van der Waals surface area (Å²) in [7, 11) is 2.08. The van der Waals surface area contributed by atoms with Gasteiger partial charge in [-0.3, -0.25) is 14.7 Å². The predicted octanol–water partition coefficient (Wildman–Crippen LogP) is 4.37. The lowest BCUT2D eigenvalue weighted by molar-refractivity contribution is -0.123. The van der Waals surface area contributed by atoms with Gasteiger partial charge in [-0.25, -0.2) is 4.39 Å². The number of likely N-dealkylation sites (tertiary alicyclic amines) is 1. The Hall–Kier alpha value is -2.58. The average molecular weight is 469 g/mol. The number of benzene rings is 1. The summed E-state index contributed by atoms with van der Waals surface area (Å²) in [4.78, 5) is 23.7. The Kier molecular flexibility index (Phi) is 5.61. The van der Waals surface area contributed by atoms with Crippen molar-refractivity contribution in [3.63, 3.8) is 0 Å². The Balaban J connectivity index is 1.44. The van der Waals surface area contributed by atoms with E-state index in [1.807, 2.05) is 30.9 Å². The second kappa shape index (κ2) is 8.33. The number of aromatic nitrogens is 1. The highest BCUT2D eigenvalue weighted by molar-refractivity contribution is 7.81. The number of carbonyl (C=O) groups excluding carboxylic acids is 1. The van der Waals surface area contributed by atoms with E-state index in [9.17, 15) is 4.79 Å². The maximum Gasteiger partial charge on any atom is 0.259 e. The molecule has 0 bridgehead atoms. The van der Waals surface area contributed by atoms with Crippen LogP contribution in [0.1, 0.15) is 43.4 Å². The van der Waals surface area contributed by atoms with Crippen molar-refractivity contribution in [2.75, 3.05) is 29.9 Å². The van der Waals surface area contributed by atoms with Crippen molar-refractivity contribution in [2.45, 2.75) is 57.6 Å². The minimum absolute atomic E-state index is 0.0155. The van der Waals surface area contributed by atoms with Gasteiger partial charge in [0.25, 0.3) is 5.91 Å². The van der Waals surface area contributed by atoms with Gasteiger partial charge in [0.1, 0.15) is 11.6 Å². The Bertz CT molecular complexity index is 1110. The van der Waals surface area contributed by atoms with Gasteiger partial charge in [0.15, 0.2) is 16.7 Å². The Morgan fingerprint density at radius 1 is 1.15 bits per heavy atom. The molecule has 2 saturated heterocycles. The standard InChI is InChI=1S/C25H29FN4O2S/c1-16-13-19(15-27-17(16)2)29-23(31)25(9-4-10-25)30(24(29)33)18-5-6-22(21(26)14-18)32-20-7-11-28(3)12-8-20/h5-6,13-15,20H,4,7-12H2,1-3H3. The summed E-state index contributed by atoms with van der Waals surface area (Å²) in [5.41, 5.74) is 2.39. The number of carbonyl (C=O) groups is 1. The van der Waals surface area contributed by atoms with Crippen molar-refractivity contribution in [2.24, 2.45) is 0 Å². The Labute approximate surface area is 199 Å². The van der Waals surface area contributed by atoms with E-state index >= 15 is 4.39 Å². The summed E-state index contributed by atoms with van der Waals surface area (Å²) < 4.78 is 21.1. The number of halogens is 1. The lowest BCUT2D eigenvalue weighted by Gasteiger charge is -2.43. The summed E-state index contributed by atoms with van der Waals surface area (Å²) in [5.74, 6) is -0.235. The number of aryl methyl sites for hydroxylation is 2. The van der Waals surface area contributed by atoms with Crippen molar-refractivity contribution < 1.29 is 13.9 Å². The number of amides is 1. The van der Waals surface area contributed by atoms with Crippen molar-refractivity contribution in [3.05, 3.63) is 47.5 Å². The lowest BCUT2D eigenvalue weighted by atomic mass is 9.75. The van der Waals surface area contributed by atoms with Gasteiger partial charge in [-0.1, -0.05) is 0 Å². The summed E-state index contributed by atoms with van der Waals surface area (Å²) in [6.45, 7) is 5.78. The molecule has 1 aromatic carbocycles. The third-order valence-electron chi connectivity index (χ3n) is 7.31. The van der Waals surface area contributed by atoms with Gasteiger partial charge >= 0.3 is 0 Å². The third-order valence-corrected chi connectivity index (χ3v) is 7.67. The SMILES string of the molecule is Cc1cc(N2C(=O)C3(CCC3)N(c3ccc(OC4CCN(C)CC4)c(F)c3)C2=S)cnc1C. The van der Waals surface area contributed by atoms with Crippen LogP contribution in [-0.2, 0) is 4.79 Å². The molecule has 174 valence electrons. The minimum Gasteiger partial charge on any atom is -0.487 e. The second-order valence-corrected chi connectivity index (χ2v) is 9.84. The summed E-state index contributed by atoms with van der Waals surface area (Å²) in [6.07, 6.45) is 5.77. The third kappa shape index (κ3) is 3.69. The van der Waals surface area contributed by atoms with Gasteiger partial charge in [0, 0.05) is 30.5 Å². The fraction of sp³-hybridized carbons (Fsp3) is 0.480. The first-order chi connectivity index (χ1) is 15.8. The van der Waals surface area contributed by atoms with Crippen molar-refractivity contribution >= 4 is 34.6 Å². The Morgan fingerprint density at radius 2 is 1.88 bits per heavy atom. The van der Waals surface area contributed by atoms with Crippen LogP contribution in [0.25, 0.3) is 0 Å². The van der Waals surface area contributed by atoms with Crippen LogP contribution < -0.4 is 14.5 Å². The molecule has 8 heteroatoms. The molecule has 3 aliphatic rings. The number of hydrogen-bond donors (Lipinski definition) is 0. The molecule has 3 fully saturated rings. The van der Waals surface area contributed by atoms with E-state index in [-0.39, 0.29) is 17.8 Å². The zero-order chi connectivity index (χ0) is 23.3. The summed E-state index contributed by atoms with van der Waals surface area (Å²) in [5, 5.41) is 0.369. The minimum atomic E-state index is -0.751. The van der Waals surface area contributed by atoms with Crippen molar-refractivity contribution in [3.8, 4) is 5.75 Å². The van der Waals surface area contributed by atoms with E-state index in [0.717, 1.165) is 43.6 Å². The highest BCUT2D eigenvalue weighted by atomic mass is 32.1. The van der Waals surface area contributed by atoms with E-state index in [2.05, 4.69) is 16.9 Å². The molecule has 0 N–H and O–H groups in total. The molecule has 1 saturated carbocycles. The van der Waals surface area contributed by atoms with Crippen molar-refractivity contribution in [1.82, 2.24) is 9.88 Å². The van der Waals surface area contributed by atoms with E-state index in [1.165, 1.54) is 6.07 Å². The van der Waals surface area contributed by atoms with Crippen LogP contribution in [-0.4, -0.2) is 52.7 Å². The van der Waals surface area contributed by atoms with Crippen LogP contribution in [0.2, 0.25) is 0 Å². The molecular weight excluding hydrogens is 439 g/mol. The quantitative estimate of drug-likeness (QED) is 0.621. The zero-order valence-corrected chi connectivity index (χ0v) is 20.1. The van der Waals surface area contributed by atoms with E-state index in [1.54, 1.807) is 17.2 Å². The number of rotatable bonds is 4. The molecule has 2 aliphatic heterocycles. The fourth-order valence-corrected chi connectivity index (χ4v) is 5.43. The number of thiocarbonyl (C=S) groups is 1. The molecule has 1 spiro atoms. The van der Waals surface area contributed by atoms with E-state index in [4.69, 9.17) is 17.0 Å². The van der Waals surface area contributed by atoms with E-state index in [0.29, 0.717) is 29.3 Å². The van der Waals surface area contributed by atoms with Crippen LogP contribution in [0.15, 0.2) is 30.5 Å². The Morgan fingerprint density at radius 3 is 2.48 bits per heavy atom. The average Bonchev–Trinajstić information content (AvgIpc) is 3.00. The number of piperidine rings is 1. The first kappa shape index (κ1) is 22.2. The molecule has 33 heavy (non-hydrogen) atoms. The first-order valence-electron chi connectivity index (χ1n) is 11.6. The number of nitrogens with zero attached hydrogens (tertiary/aromatic N) is 4. The maximum atomic E-state index is 15.1. The van der Waals surface area contributed by atoms with E-state index < -0.39 is 11.4 Å². The number of pyridine rings is 1. The number of ether oxygens (including phenoxy) is 1. The van der Waals surface area contributed by atoms with Gasteiger partial charge in [-0.15, -0.1) is 0 Å². The smallest absolute Gasteiger partial charge is 0.259 e. The lowest BCUT2D eigenvalue weighted by Crippen LogP contribution is -2.55. The summed E-state index contributed by atoms with van der Waals surface area (Å²) in [6, 6.07) is 6.87. The van der Waals surface area contributed by atoms with Crippen LogP contribution >= 0.6 is 12.2 Å².